The number of hydrogen-bond donors (Lipinski definition) is 3. The first-order valence-electron chi connectivity index (χ1n) is 5.50. The summed E-state index contributed by atoms with van der Waals surface area (Å²) in [5.74, 6) is 0.287. The van der Waals surface area contributed by atoms with Crippen LogP contribution < -0.4 is 10.5 Å². The van der Waals surface area contributed by atoms with Gasteiger partial charge in [-0.05, 0) is 30.9 Å². The Bertz CT molecular complexity index is 446. The van der Waals surface area contributed by atoms with Crippen LogP contribution in [0, 0.1) is 0 Å². The Kier molecular flexibility index (Phi) is 3.43. The van der Waals surface area contributed by atoms with Gasteiger partial charge in [0.25, 0.3) is 0 Å². The van der Waals surface area contributed by atoms with Crippen LogP contribution in [0.4, 0.5) is 0 Å². The summed E-state index contributed by atoms with van der Waals surface area (Å²) in [5.41, 5.74) is 8.16. The number of nitrogens with two attached hydrogens (primary N) is 1. The maximum absolute atomic E-state index is 8.74. The van der Waals surface area contributed by atoms with Crippen molar-refractivity contribution in [2.24, 2.45) is 10.9 Å². The summed E-state index contributed by atoms with van der Waals surface area (Å²) in [7, 11) is 0. The molecule has 0 aromatic carbocycles. The Morgan fingerprint density at radius 1 is 1.53 bits per heavy atom. The zero-order valence-electron chi connectivity index (χ0n) is 9.39. The molecule has 0 radical (unpaired) electrons. The SMILES string of the molecule is NC(=NO)c1cc2c(nc1OCCO)CCC2. The molecule has 0 aliphatic heterocycles. The fourth-order valence-corrected chi connectivity index (χ4v) is 1.94. The monoisotopic (exact) mass is 237 g/mol. The highest BCUT2D eigenvalue weighted by atomic mass is 16.5. The molecule has 0 spiro atoms. The molecule has 1 aromatic heterocycles. The maximum Gasteiger partial charge on any atom is 0.224 e. The topological polar surface area (TPSA) is 101 Å². The molecule has 6 heteroatoms. The van der Waals surface area contributed by atoms with E-state index in [1.54, 1.807) is 0 Å². The minimum Gasteiger partial charge on any atom is -0.475 e. The van der Waals surface area contributed by atoms with Gasteiger partial charge in [-0.25, -0.2) is 4.98 Å². The normalized spacial score (nSPS) is 14.8. The molecule has 0 saturated carbocycles. The lowest BCUT2D eigenvalue weighted by molar-refractivity contribution is 0.196. The van der Waals surface area contributed by atoms with Gasteiger partial charge in [0.15, 0.2) is 5.84 Å². The van der Waals surface area contributed by atoms with Gasteiger partial charge in [0.2, 0.25) is 5.88 Å². The maximum atomic E-state index is 8.74. The van der Waals surface area contributed by atoms with Crippen LogP contribution in [0.25, 0.3) is 0 Å². The number of nitrogens with zero attached hydrogens (tertiary/aromatic N) is 2. The van der Waals surface area contributed by atoms with E-state index in [1.807, 2.05) is 6.07 Å². The molecule has 0 unspecified atom stereocenters. The lowest BCUT2D eigenvalue weighted by Gasteiger charge is -2.11. The van der Waals surface area contributed by atoms with Crippen molar-refractivity contribution in [1.29, 1.82) is 0 Å². The Labute approximate surface area is 98.7 Å². The van der Waals surface area contributed by atoms with Gasteiger partial charge < -0.3 is 20.8 Å². The number of hydrogen-bond acceptors (Lipinski definition) is 5. The number of oxime groups is 1. The van der Waals surface area contributed by atoms with Crippen molar-refractivity contribution in [1.82, 2.24) is 4.98 Å². The second kappa shape index (κ2) is 5.01. The lowest BCUT2D eigenvalue weighted by Crippen LogP contribution is -2.17. The van der Waals surface area contributed by atoms with E-state index in [4.69, 9.17) is 20.8 Å². The summed E-state index contributed by atoms with van der Waals surface area (Å²) in [5, 5.41) is 20.4. The van der Waals surface area contributed by atoms with Crippen molar-refractivity contribution >= 4 is 5.84 Å². The van der Waals surface area contributed by atoms with Crippen LogP contribution in [0.5, 0.6) is 5.88 Å². The van der Waals surface area contributed by atoms with Gasteiger partial charge in [-0.1, -0.05) is 5.16 Å². The van der Waals surface area contributed by atoms with E-state index < -0.39 is 0 Å². The smallest absolute Gasteiger partial charge is 0.224 e. The molecule has 6 nitrogen and oxygen atoms in total. The number of pyridine rings is 1. The molecule has 0 saturated heterocycles. The summed E-state index contributed by atoms with van der Waals surface area (Å²) in [6, 6.07) is 1.84. The molecule has 4 N–H and O–H groups in total. The zero-order valence-corrected chi connectivity index (χ0v) is 9.39. The van der Waals surface area contributed by atoms with Crippen LogP contribution in [0.15, 0.2) is 11.2 Å². The summed E-state index contributed by atoms with van der Waals surface area (Å²) in [6.45, 7) is 0.0336. The van der Waals surface area contributed by atoms with Crippen molar-refractivity contribution in [3.05, 3.63) is 22.9 Å². The van der Waals surface area contributed by atoms with Crippen LogP contribution in [-0.4, -0.2) is 34.3 Å². The first-order valence-corrected chi connectivity index (χ1v) is 5.50. The van der Waals surface area contributed by atoms with Crippen LogP contribution in [0.3, 0.4) is 0 Å². The zero-order chi connectivity index (χ0) is 12.3. The molecule has 0 bridgehead atoms. The number of ether oxygens (including phenoxy) is 1. The molecule has 92 valence electrons. The summed E-state index contributed by atoms with van der Waals surface area (Å²) >= 11 is 0. The average Bonchev–Trinajstić information content (AvgIpc) is 2.81. The second-order valence-electron chi connectivity index (χ2n) is 3.86. The van der Waals surface area contributed by atoms with E-state index in [-0.39, 0.29) is 19.0 Å². The van der Waals surface area contributed by atoms with E-state index in [1.165, 1.54) is 0 Å². The molecule has 1 aromatic rings. The standard InChI is InChI=1S/C11H15N3O3/c12-10(14-16)8-6-7-2-1-3-9(7)13-11(8)17-5-4-15/h6,15-16H,1-5H2,(H2,12,14). The van der Waals surface area contributed by atoms with Gasteiger partial charge in [0.05, 0.1) is 12.2 Å². The summed E-state index contributed by atoms with van der Waals surface area (Å²) < 4.78 is 5.30. The summed E-state index contributed by atoms with van der Waals surface area (Å²) in [6.07, 6.45) is 2.93. The van der Waals surface area contributed by atoms with E-state index in [2.05, 4.69) is 10.1 Å². The predicted octanol–water partition coefficient (Wildman–Crippen LogP) is 0.0359. The minimum atomic E-state index is -0.103. The molecular weight excluding hydrogens is 222 g/mol. The molecule has 1 heterocycles. The number of amidine groups is 1. The Morgan fingerprint density at radius 2 is 2.35 bits per heavy atom. The Morgan fingerprint density at radius 3 is 3.06 bits per heavy atom. The molecule has 17 heavy (non-hydrogen) atoms. The van der Waals surface area contributed by atoms with Crippen molar-refractivity contribution < 1.29 is 15.1 Å². The van der Waals surface area contributed by atoms with Crippen LogP contribution in [-0.2, 0) is 12.8 Å². The van der Waals surface area contributed by atoms with Crippen molar-refractivity contribution in [2.75, 3.05) is 13.2 Å². The molecule has 0 amide bonds. The third-order valence-corrected chi connectivity index (χ3v) is 2.73. The third kappa shape index (κ3) is 2.31. The second-order valence-corrected chi connectivity index (χ2v) is 3.86. The van der Waals surface area contributed by atoms with Crippen LogP contribution in [0.1, 0.15) is 23.2 Å². The highest BCUT2D eigenvalue weighted by Crippen LogP contribution is 2.26. The third-order valence-electron chi connectivity index (χ3n) is 2.73. The van der Waals surface area contributed by atoms with E-state index >= 15 is 0 Å². The molecule has 0 atom stereocenters. The van der Waals surface area contributed by atoms with E-state index in [0.717, 1.165) is 30.5 Å². The average molecular weight is 237 g/mol. The summed E-state index contributed by atoms with van der Waals surface area (Å²) in [4.78, 5) is 4.35. The molecule has 1 aliphatic rings. The quantitative estimate of drug-likeness (QED) is 0.297. The van der Waals surface area contributed by atoms with E-state index in [9.17, 15) is 0 Å². The van der Waals surface area contributed by atoms with Crippen LogP contribution >= 0.6 is 0 Å². The number of aryl methyl sites for hydroxylation is 2. The van der Waals surface area contributed by atoms with Crippen molar-refractivity contribution in [3.63, 3.8) is 0 Å². The van der Waals surface area contributed by atoms with Crippen LogP contribution in [0.2, 0.25) is 0 Å². The van der Waals surface area contributed by atoms with Gasteiger partial charge in [0, 0.05) is 5.69 Å². The predicted molar refractivity (Wildman–Crippen MR) is 61.4 cm³/mol. The molecular formula is C11H15N3O3. The molecule has 1 aliphatic carbocycles. The van der Waals surface area contributed by atoms with Gasteiger partial charge in [-0.2, -0.15) is 0 Å². The largest absolute Gasteiger partial charge is 0.475 e. The van der Waals surface area contributed by atoms with Gasteiger partial charge >= 0.3 is 0 Å². The highest BCUT2D eigenvalue weighted by Gasteiger charge is 2.19. The minimum absolute atomic E-state index is 0.0276. The molecule has 2 rings (SSSR count). The van der Waals surface area contributed by atoms with Gasteiger partial charge in [0.1, 0.15) is 6.61 Å². The fourth-order valence-electron chi connectivity index (χ4n) is 1.94. The van der Waals surface area contributed by atoms with Crippen molar-refractivity contribution in [3.8, 4) is 5.88 Å². The van der Waals surface area contributed by atoms with Crippen molar-refractivity contribution in [2.45, 2.75) is 19.3 Å². The Hall–Kier alpha value is -1.82. The first kappa shape index (κ1) is 11.7. The van der Waals surface area contributed by atoms with E-state index in [0.29, 0.717) is 11.4 Å². The first-order chi connectivity index (χ1) is 8.26. The number of rotatable bonds is 4. The lowest BCUT2D eigenvalue weighted by atomic mass is 10.1. The number of aromatic nitrogens is 1. The number of aliphatic hydroxyl groups excluding tert-OH is 1. The highest BCUT2D eigenvalue weighted by molar-refractivity contribution is 5.99. The van der Waals surface area contributed by atoms with Gasteiger partial charge in [-0.15, -0.1) is 0 Å². The fraction of sp³-hybridized carbons (Fsp3) is 0.455. The van der Waals surface area contributed by atoms with Gasteiger partial charge in [-0.3, -0.25) is 0 Å². The number of aliphatic hydroxyl groups is 1. The Balaban J connectivity index is 2.39. The number of fused-ring (bicyclic) bond motifs is 1. The molecule has 0 fully saturated rings.